The standard InChI is InChI=1S/C15H20ClNO4/c1-9(2)6-12(15(19)20)17-14(18)8-21-13-7-10(3)4-5-11(13)16/h4-5,7,9,12H,6,8H2,1-3H3,(H,17,18)(H,19,20). The number of nitrogens with one attached hydrogen (secondary N) is 1. The third-order valence-corrected chi connectivity index (χ3v) is 3.10. The van der Waals surface area contributed by atoms with E-state index in [4.69, 9.17) is 21.4 Å². The van der Waals surface area contributed by atoms with Gasteiger partial charge in [-0.05, 0) is 37.0 Å². The number of carboxylic acid groups (broad SMARTS) is 1. The lowest BCUT2D eigenvalue weighted by Crippen LogP contribution is -2.43. The van der Waals surface area contributed by atoms with E-state index in [9.17, 15) is 9.59 Å². The first-order valence-electron chi connectivity index (χ1n) is 6.70. The van der Waals surface area contributed by atoms with Crippen molar-refractivity contribution in [3.05, 3.63) is 28.8 Å². The summed E-state index contributed by atoms with van der Waals surface area (Å²) in [6, 6.07) is 4.33. The van der Waals surface area contributed by atoms with E-state index < -0.39 is 17.9 Å². The van der Waals surface area contributed by atoms with Gasteiger partial charge in [0, 0.05) is 0 Å². The van der Waals surface area contributed by atoms with E-state index in [1.54, 1.807) is 12.1 Å². The molecule has 1 unspecified atom stereocenters. The first-order valence-corrected chi connectivity index (χ1v) is 7.08. The van der Waals surface area contributed by atoms with Gasteiger partial charge in [-0.1, -0.05) is 31.5 Å². The predicted octanol–water partition coefficient (Wildman–Crippen LogP) is 2.64. The van der Waals surface area contributed by atoms with Crippen LogP contribution in [0, 0.1) is 12.8 Å². The fourth-order valence-electron chi connectivity index (χ4n) is 1.79. The fourth-order valence-corrected chi connectivity index (χ4v) is 1.97. The molecular weight excluding hydrogens is 294 g/mol. The molecule has 0 aromatic heterocycles. The van der Waals surface area contributed by atoms with Gasteiger partial charge in [-0.25, -0.2) is 4.79 Å². The van der Waals surface area contributed by atoms with Crippen LogP contribution in [0.2, 0.25) is 5.02 Å². The van der Waals surface area contributed by atoms with Crippen molar-refractivity contribution in [1.29, 1.82) is 0 Å². The van der Waals surface area contributed by atoms with E-state index in [2.05, 4.69) is 5.32 Å². The van der Waals surface area contributed by atoms with Gasteiger partial charge in [0.05, 0.1) is 5.02 Å². The predicted molar refractivity (Wildman–Crippen MR) is 80.7 cm³/mol. The Labute approximate surface area is 129 Å². The molecule has 0 saturated heterocycles. The summed E-state index contributed by atoms with van der Waals surface area (Å²) in [5.41, 5.74) is 0.957. The van der Waals surface area contributed by atoms with Crippen molar-refractivity contribution in [2.45, 2.75) is 33.2 Å². The summed E-state index contributed by atoms with van der Waals surface area (Å²) in [6.45, 7) is 5.40. The summed E-state index contributed by atoms with van der Waals surface area (Å²) < 4.78 is 5.33. The van der Waals surface area contributed by atoms with Gasteiger partial charge >= 0.3 is 5.97 Å². The Kier molecular flexibility index (Phi) is 6.49. The van der Waals surface area contributed by atoms with Crippen LogP contribution in [0.3, 0.4) is 0 Å². The van der Waals surface area contributed by atoms with Crippen molar-refractivity contribution in [2.75, 3.05) is 6.61 Å². The van der Waals surface area contributed by atoms with Crippen LogP contribution in [0.25, 0.3) is 0 Å². The number of benzene rings is 1. The van der Waals surface area contributed by atoms with Crippen LogP contribution in [-0.4, -0.2) is 29.6 Å². The molecule has 6 heteroatoms. The highest BCUT2D eigenvalue weighted by atomic mass is 35.5. The zero-order valence-corrected chi connectivity index (χ0v) is 13.1. The van der Waals surface area contributed by atoms with Crippen LogP contribution in [0.15, 0.2) is 18.2 Å². The summed E-state index contributed by atoms with van der Waals surface area (Å²) in [6.07, 6.45) is 0.367. The molecule has 5 nitrogen and oxygen atoms in total. The van der Waals surface area contributed by atoms with Crippen LogP contribution in [0.5, 0.6) is 5.75 Å². The third-order valence-electron chi connectivity index (χ3n) is 2.79. The van der Waals surface area contributed by atoms with Crippen LogP contribution < -0.4 is 10.1 Å². The zero-order chi connectivity index (χ0) is 16.0. The molecule has 0 aliphatic heterocycles. The first-order chi connectivity index (χ1) is 9.79. The average Bonchev–Trinajstić information content (AvgIpc) is 2.38. The molecule has 0 heterocycles. The molecule has 1 aromatic carbocycles. The Morgan fingerprint density at radius 3 is 2.62 bits per heavy atom. The van der Waals surface area contributed by atoms with Crippen molar-refractivity contribution in [3.63, 3.8) is 0 Å². The molecule has 0 radical (unpaired) electrons. The molecule has 0 aliphatic carbocycles. The Morgan fingerprint density at radius 1 is 1.38 bits per heavy atom. The van der Waals surface area contributed by atoms with Crippen LogP contribution in [0.1, 0.15) is 25.8 Å². The van der Waals surface area contributed by atoms with Gasteiger partial charge in [-0.3, -0.25) is 4.79 Å². The van der Waals surface area contributed by atoms with Crippen molar-refractivity contribution < 1.29 is 19.4 Å². The second-order valence-electron chi connectivity index (χ2n) is 5.31. The first kappa shape index (κ1) is 17.3. The number of halogens is 1. The number of ether oxygens (including phenoxy) is 1. The number of amides is 1. The lowest BCUT2D eigenvalue weighted by molar-refractivity contribution is -0.142. The highest BCUT2D eigenvalue weighted by Crippen LogP contribution is 2.25. The minimum atomic E-state index is -1.05. The molecule has 21 heavy (non-hydrogen) atoms. The monoisotopic (exact) mass is 313 g/mol. The normalized spacial score (nSPS) is 12.0. The Bertz CT molecular complexity index is 516. The van der Waals surface area contributed by atoms with Gasteiger partial charge in [0.1, 0.15) is 11.8 Å². The molecule has 0 fully saturated rings. The SMILES string of the molecule is Cc1ccc(Cl)c(OCC(=O)NC(CC(C)C)C(=O)O)c1. The zero-order valence-electron chi connectivity index (χ0n) is 12.4. The number of hydrogen-bond donors (Lipinski definition) is 2. The largest absolute Gasteiger partial charge is 0.482 e. The van der Waals surface area contributed by atoms with Gasteiger partial charge in [-0.2, -0.15) is 0 Å². The molecule has 0 aliphatic rings. The molecule has 116 valence electrons. The van der Waals surface area contributed by atoms with Crippen molar-refractivity contribution >= 4 is 23.5 Å². The average molecular weight is 314 g/mol. The van der Waals surface area contributed by atoms with Gasteiger partial charge in [0.25, 0.3) is 5.91 Å². The minimum absolute atomic E-state index is 0.165. The molecule has 1 rings (SSSR count). The van der Waals surface area contributed by atoms with Gasteiger partial charge in [0.15, 0.2) is 6.61 Å². The quantitative estimate of drug-likeness (QED) is 0.811. The topological polar surface area (TPSA) is 75.6 Å². The molecule has 0 spiro atoms. The molecule has 1 atom stereocenters. The summed E-state index contributed by atoms with van der Waals surface area (Å²) in [4.78, 5) is 22.8. The van der Waals surface area contributed by atoms with E-state index in [1.165, 1.54) is 0 Å². The molecule has 1 aromatic rings. The molecule has 2 N–H and O–H groups in total. The van der Waals surface area contributed by atoms with Crippen molar-refractivity contribution in [2.24, 2.45) is 5.92 Å². The fraction of sp³-hybridized carbons (Fsp3) is 0.467. The van der Waals surface area contributed by atoms with E-state index in [-0.39, 0.29) is 12.5 Å². The van der Waals surface area contributed by atoms with Crippen LogP contribution >= 0.6 is 11.6 Å². The highest BCUT2D eigenvalue weighted by Gasteiger charge is 2.21. The Hall–Kier alpha value is -1.75. The Morgan fingerprint density at radius 2 is 2.05 bits per heavy atom. The second kappa shape index (κ2) is 7.88. The lowest BCUT2D eigenvalue weighted by Gasteiger charge is -2.16. The van der Waals surface area contributed by atoms with E-state index in [0.29, 0.717) is 17.2 Å². The maximum atomic E-state index is 11.8. The number of hydrogen-bond acceptors (Lipinski definition) is 3. The molecular formula is C15H20ClNO4. The van der Waals surface area contributed by atoms with Crippen LogP contribution in [-0.2, 0) is 9.59 Å². The van der Waals surface area contributed by atoms with E-state index >= 15 is 0 Å². The third kappa shape index (κ3) is 6.04. The van der Waals surface area contributed by atoms with Crippen molar-refractivity contribution in [1.82, 2.24) is 5.32 Å². The molecule has 0 saturated carbocycles. The molecule has 0 bridgehead atoms. The maximum Gasteiger partial charge on any atom is 0.326 e. The van der Waals surface area contributed by atoms with E-state index in [0.717, 1.165) is 5.56 Å². The number of carbonyl (C=O) groups excluding carboxylic acids is 1. The summed E-state index contributed by atoms with van der Waals surface area (Å²) in [5.74, 6) is -0.965. The number of aryl methyl sites for hydroxylation is 1. The Balaban J connectivity index is 2.56. The van der Waals surface area contributed by atoms with Gasteiger partial charge < -0.3 is 15.2 Å². The maximum absolute atomic E-state index is 11.8. The number of aliphatic carboxylic acids is 1. The van der Waals surface area contributed by atoms with Crippen molar-refractivity contribution in [3.8, 4) is 5.75 Å². The summed E-state index contributed by atoms with van der Waals surface area (Å²) in [5, 5.41) is 11.9. The number of carbonyl (C=O) groups is 2. The number of carboxylic acids is 1. The smallest absolute Gasteiger partial charge is 0.326 e. The lowest BCUT2D eigenvalue weighted by atomic mass is 10.0. The van der Waals surface area contributed by atoms with Gasteiger partial charge in [0.2, 0.25) is 0 Å². The second-order valence-corrected chi connectivity index (χ2v) is 5.72. The highest BCUT2D eigenvalue weighted by molar-refractivity contribution is 6.32. The minimum Gasteiger partial charge on any atom is -0.482 e. The summed E-state index contributed by atoms with van der Waals surface area (Å²) >= 11 is 5.95. The van der Waals surface area contributed by atoms with E-state index in [1.807, 2.05) is 26.8 Å². The van der Waals surface area contributed by atoms with Gasteiger partial charge in [-0.15, -0.1) is 0 Å². The van der Waals surface area contributed by atoms with Crippen LogP contribution in [0.4, 0.5) is 0 Å². The molecule has 1 amide bonds. The summed E-state index contributed by atoms with van der Waals surface area (Å²) in [7, 11) is 0. The number of rotatable bonds is 7.